The van der Waals surface area contributed by atoms with E-state index in [1.165, 1.54) is 32.1 Å². The molecule has 9 heteroatoms. The highest BCUT2D eigenvalue weighted by Gasteiger charge is 2.25. The van der Waals surface area contributed by atoms with Gasteiger partial charge in [-0.2, -0.15) is 9.97 Å². The van der Waals surface area contributed by atoms with Crippen LogP contribution in [-0.4, -0.2) is 69.0 Å². The lowest BCUT2D eigenvalue weighted by Gasteiger charge is -2.28. The van der Waals surface area contributed by atoms with Crippen molar-refractivity contribution in [1.82, 2.24) is 29.1 Å². The first-order valence-corrected chi connectivity index (χ1v) is 12.8. The normalized spacial score (nSPS) is 17.5. The maximum absolute atomic E-state index is 5.63. The summed E-state index contributed by atoms with van der Waals surface area (Å²) in [4.78, 5) is 24.6. The van der Waals surface area contributed by atoms with Crippen LogP contribution in [0.25, 0.3) is 28.1 Å². The zero-order valence-electron chi connectivity index (χ0n) is 20.9. The molecule has 2 aliphatic rings. The zero-order chi connectivity index (χ0) is 23.9. The van der Waals surface area contributed by atoms with Crippen LogP contribution in [0.3, 0.4) is 0 Å². The average molecular weight is 475 g/mol. The molecule has 0 spiro atoms. The fourth-order valence-corrected chi connectivity index (χ4v) is 5.70. The molecular formula is C26H34N8O. The minimum Gasteiger partial charge on any atom is -0.378 e. The van der Waals surface area contributed by atoms with Gasteiger partial charge in [-0.3, -0.25) is 9.13 Å². The van der Waals surface area contributed by atoms with Gasteiger partial charge in [0.05, 0.1) is 24.2 Å². The smallest absolute Gasteiger partial charge is 0.239 e. The van der Waals surface area contributed by atoms with E-state index < -0.39 is 0 Å². The monoisotopic (exact) mass is 474 g/mol. The predicted molar refractivity (Wildman–Crippen MR) is 139 cm³/mol. The summed E-state index contributed by atoms with van der Waals surface area (Å²) in [5.41, 5.74) is 3.65. The van der Waals surface area contributed by atoms with Crippen molar-refractivity contribution in [3.05, 3.63) is 30.1 Å². The first-order chi connectivity index (χ1) is 17.1. The molecule has 0 N–H and O–H groups in total. The Morgan fingerprint density at radius 3 is 2.57 bits per heavy atom. The second-order valence-electron chi connectivity index (χ2n) is 9.96. The van der Waals surface area contributed by atoms with E-state index in [2.05, 4.69) is 39.1 Å². The lowest BCUT2D eigenvalue weighted by molar-refractivity contribution is 0.122. The summed E-state index contributed by atoms with van der Waals surface area (Å²) in [6.07, 6.45) is 6.68. The van der Waals surface area contributed by atoms with Gasteiger partial charge in [0.1, 0.15) is 5.82 Å². The number of aromatic nitrogens is 6. The summed E-state index contributed by atoms with van der Waals surface area (Å²) < 4.78 is 9.81. The van der Waals surface area contributed by atoms with Gasteiger partial charge in [-0.1, -0.05) is 31.4 Å². The van der Waals surface area contributed by atoms with Gasteiger partial charge in [-0.25, -0.2) is 9.97 Å². The van der Waals surface area contributed by atoms with E-state index in [-0.39, 0.29) is 0 Å². The maximum atomic E-state index is 5.63. The minimum atomic E-state index is 0.634. The second kappa shape index (κ2) is 9.11. The molecule has 0 bridgehead atoms. The molecule has 0 amide bonds. The molecule has 9 nitrogen and oxygen atoms in total. The number of nitrogens with zero attached hydrogens (tertiary/aromatic N) is 8. The topological polar surface area (TPSA) is 77.1 Å². The molecule has 0 unspecified atom stereocenters. The molecule has 184 valence electrons. The van der Waals surface area contributed by atoms with Gasteiger partial charge in [0, 0.05) is 33.7 Å². The third-order valence-electron chi connectivity index (χ3n) is 7.50. The van der Waals surface area contributed by atoms with E-state index >= 15 is 0 Å². The first kappa shape index (κ1) is 22.3. The molecule has 3 aromatic heterocycles. The van der Waals surface area contributed by atoms with Crippen molar-refractivity contribution in [3.63, 3.8) is 0 Å². The van der Waals surface area contributed by atoms with Gasteiger partial charge in [-0.05, 0) is 37.8 Å². The Morgan fingerprint density at radius 2 is 1.77 bits per heavy atom. The van der Waals surface area contributed by atoms with Crippen molar-refractivity contribution in [1.29, 1.82) is 0 Å². The lowest BCUT2D eigenvalue weighted by atomic mass is 9.89. The number of rotatable bonds is 5. The molecule has 1 aliphatic heterocycles. The Hall–Kier alpha value is -3.20. The number of para-hydroxylation sites is 2. The molecule has 4 heterocycles. The van der Waals surface area contributed by atoms with Crippen LogP contribution in [0.2, 0.25) is 0 Å². The number of benzene rings is 1. The van der Waals surface area contributed by atoms with Crippen LogP contribution >= 0.6 is 0 Å². The number of hydrogen-bond donors (Lipinski definition) is 0. The van der Waals surface area contributed by atoms with Gasteiger partial charge in [0.2, 0.25) is 11.9 Å². The van der Waals surface area contributed by atoms with Crippen molar-refractivity contribution in [3.8, 4) is 5.95 Å². The zero-order valence-corrected chi connectivity index (χ0v) is 20.9. The largest absolute Gasteiger partial charge is 0.378 e. The number of imidazole rings is 2. The standard InChI is InChI=1S/C26H34N8O/c1-18-27-20-11-7-8-12-21(20)34(18)25-29-23-22(24(30-25)33-13-15-35-16-14-33)28-26(32(23)3)31(2)17-19-9-5-4-6-10-19/h7-8,11-12,19H,4-6,9-10,13-17H2,1-3H3. The predicted octanol–water partition coefficient (Wildman–Crippen LogP) is 3.86. The maximum Gasteiger partial charge on any atom is 0.239 e. The van der Waals surface area contributed by atoms with Crippen molar-refractivity contribution in [2.24, 2.45) is 13.0 Å². The summed E-state index contributed by atoms with van der Waals surface area (Å²) in [5, 5.41) is 0. The van der Waals surface area contributed by atoms with Crippen LogP contribution < -0.4 is 9.80 Å². The lowest BCUT2D eigenvalue weighted by Crippen LogP contribution is -2.37. The van der Waals surface area contributed by atoms with Crippen molar-refractivity contribution in [2.75, 3.05) is 49.7 Å². The average Bonchev–Trinajstić information content (AvgIpc) is 3.40. The molecule has 6 rings (SSSR count). The Bertz CT molecular complexity index is 1350. The van der Waals surface area contributed by atoms with Crippen LogP contribution in [0.5, 0.6) is 0 Å². The number of anilines is 2. The number of hydrogen-bond acceptors (Lipinski definition) is 7. The fraction of sp³-hybridized carbons (Fsp3) is 0.538. The van der Waals surface area contributed by atoms with Crippen molar-refractivity contribution in [2.45, 2.75) is 39.0 Å². The second-order valence-corrected chi connectivity index (χ2v) is 9.96. The van der Waals surface area contributed by atoms with E-state index in [1.807, 2.05) is 25.1 Å². The number of aryl methyl sites for hydroxylation is 2. The fourth-order valence-electron chi connectivity index (χ4n) is 5.70. The van der Waals surface area contributed by atoms with E-state index in [0.717, 1.165) is 65.3 Å². The number of fused-ring (bicyclic) bond motifs is 2. The highest BCUT2D eigenvalue weighted by atomic mass is 16.5. The van der Waals surface area contributed by atoms with E-state index in [4.69, 9.17) is 24.7 Å². The molecule has 0 atom stereocenters. The molecule has 4 aromatic rings. The summed E-state index contributed by atoms with van der Waals surface area (Å²) >= 11 is 0. The van der Waals surface area contributed by atoms with E-state index in [1.54, 1.807) is 0 Å². The summed E-state index contributed by atoms with van der Waals surface area (Å²) in [7, 11) is 4.23. The quantitative estimate of drug-likeness (QED) is 0.435. The van der Waals surface area contributed by atoms with Gasteiger partial charge in [-0.15, -0.1) is 0 Å². The SMILES string of the molecule is Cc1nc2ccccc2n1-c1nc(N2CCOCC2)c2nc(N(C)CC3CCCCC3)n(C)c2n1. The van der Waals surface area contributed by atoms with E-state index in [0.29, 0.717) is 19.2 Å². The Balaban J connectivity index is 1.48. The summed E-state index contributed by atoms with van der Waals surface area (Å²) in [6.45, 7) is 5.99. The van der Waals surface area contributed by atoms with Crippen molar-refractivity contribution < 1.29 is 4.74 Å². The van der Waals surface area contributed by atoms with Gasteiger partial charge >= 0.3 is 0 Å². The molecule has 1 aliphatic carbocycles. The van der Waals surface area contributed by atoms with Crippen LogP contribution in [0.15, 0.2) is 24.3 Å². The summed E-state index contributed by atoms with van der Waals surface area (Å²) in [6, 6.07) is 8.15. The highest BCUT2D eigenvalue weighted by Crippen LogP contribution is 2.31. The third-order valence-corrected chi connectivity index (χ3v) is 7.50. The molecule has 0 radical (unpaired) electrons. The highest BCUT2D eigenvalue weighted by molar-refractivity contribution is 5.87. The number of ether oxygens (including phenoxy) is 1. The molecule has 1 saturated carbocycles. The van der Waals surface area contributed by atoms with E-state index in [9.17, 15) is 0 Å². The molecule has 1 saturated heterocycles. The van der Waals surface area contributed by atoms with Gasteiger partial charge in [0.15, 0.2) is 17.0 Å². The summed E-state index contributed by atoms with van der Waals surface area (Å²) in [5.74, 6) is 4.05. The van der Waals surface area contributed by atoms with Crippen LogP contribution in [0, 0.1) is 12.8 Å². The Kier molecular flexibility index (Phi) is 5.80. The Labute approximate surface area is 205 Å². The Morgan fingerprint density at radius 1 is 1.00 bits per heavy atom. The molecular weight excluding hydrogens is 440 g/mol. The molecule has 2 fully saturated rings. The van der Waals surface area contributed by atoms with Crippen LogP contribution in [0.4, 0.5) is 11.8 Å². The van der Waals surface area contributed by atoms with Crippen LogP contribution in [0.1, 0.15) is 37.9 Å². The number of morpholine rings is 1. The van der Waals surface area contributed by atoms with Crippen LogP contribution in [-0.2, 0) is 11.8 Å². The van der Waals surface area contributed by atoms with Gasteiger partial charge in [0.25, 0.3) is 0 Å². The van der Waals surface area contributed by atoms with Crippen molar-refractivity contribution >= 4 is 34.0 Å². The minimum absolute atomic E-state index is 0.634. The first-order valence-electron chi connectivity index (χ1n) is 12.8. The molecule has 35 heavy (non-hydrogen) atoms. The van der Waals surface area contributed by atoms with Gasteiger partial charge < -0.3 is 14.5 Å². The third kappa shape index (κ3) is 4.01. The molecule has 1 aromatic carbocycles.